The van der Waals surface area contributed by atoms with E-state index >= 15 is 0 Å². The Hall–Kier alpha value is -3.16. The summed E-state index contributed by atoms with van der Waals surface area (Å²) in [5, 5.41) is 16.3. The zero-order chi connectivity index (χ0) is 20.2. The molecule has 8 nitrogen and oxygen atoms in total. The van der Waals surface area contributed by atoms with Crippen LogP contribution in [0.15, 0.2) is 34.9 Å². The molecule has 2 aliphatic rings. The van der Waals surface area contributed by atoms with E-state index in [1.165, 1.54) is 4.90 Å². The predicted octanol–water partition coefficient (Wildman–Crippen LogP) is 1.84. The van der Waals surface area contributed by atoms with Crippen molar-refractivity contribution >= 4 is 17.8 Å². The van der Waals surface area contributed by atoms with Crippen molar-refractivity contribution < 1.29 is 24.0 Å². The maximum atomic E-state index is 12.9. The van der Waals surface area contributed by atoms with E-state index in [-0.39, 0.29) is 17.5 Å². The van der Waals surface area contributed by atoms with E-state index in [4.69, 9.17) is 4.52 Å². The summed E-state index contributed by atoms with van der Waals surface area (Å²) in [6.45, 7) is 5.30. The van der Waals surface area contributed by atoms with Crippen molar-refractivity contribution in [2.75, 3.05) is 0 Å². The monoisotopic (exact) mass is 383 g/mol. The van der Waals surface area contributed by atoms with Crippen molar-refractivity contribution in [3.63, 3.8) is 0 Å². The minimum atomic E-state index is -1.02. The first-order chi connectivity index (χ1) is 13.2. The van der Waals surface area contributed by atoms with Gasteiger partial charge in [-0.3, -0.25) is 9.59 Å². The Morgan fingerprint density at radius 2 is 1.96 bits per heavy atom. The highest BCUT2D eigenvalue weighted by Crippen LogP contribution is 2.46. The maximum Gasteiger partial charge on any atom is 0.326 e. The van der Waals surface area contributed by atoms with Crippen molar-refractivity contribution in [2.45, 2.75) is 45.3 Å². The number of hydrogen-bond acceptors (Lipinski definition) is 5. The first-order valence-corrected chi connectivity index (χ1v) is 9.10. The second kappa shape index (κ2) is 6.19. The smallest absolute Gasteiger partial charge is 0.326 e. The molecule has 0 spiro atoms. The van der Waals surface area contributed by atoms with Crippen molar-refractivity contribution in [2.24, 2.45) is 5.41 Å². The van der Waals surface area contributed by atoms with E-state index < -0.39 is 29.4 Å². The van der Waals surface area contributed by atoms with Crippen LogP contribution in [0, 0.1) is 12.3 Å². The third-order valence-corrected chi connectivity index (χ3v) is 5.67. The maximum absolute atomic E-state index is 12.9. The highest BCUT2D eigenvalue weighted by Gasteiger charge is 2.63. The van der Waals surface area contributed by atoms with Crippen molar-refractivity contribution in [3.05, 3.63) is 41.7 Å². The summed E-state index contributed by atoms with van der Waals surface area (Å²) in [6, 6.07) is 7.22. The average molecular weight is 383 g/mol. The Labute approximate surface area is 161 Å². The summed E-state index contributed by atoms with van der Waals surface area (Å²) < 4.78 is 5.22. The first kappa shape index (κ1) is 18.2. The molecule has 8 heteroatoms. The number of carbonyl (C=O) groups is 3. The van der Waals surface area contributed by atoms with Gasteiger partial charge in [-0.2, -0.15) is 0 Å². The molecule has 0 radical (unpaired) electrons. The number of rotatable bonds is 4. The molecule has 2 aliphatic heterocycles. The van der Waals surface area contributed by atoms with E-state index in [9.17, 15) is 19.5 Å². The van der Waals surface area contributed by atoms with Crippen LogP contribution in [-0.4, -0.2) is 51.1 Å². The van der Waals surface area contributed by atoms with Gasteiger partial charge in [-0.15, -0.1) is 0 Å². The minimum absolute atomic E-state index is 0.282. The molecule has 28 heavy (non-hydrogen) atoms. The zero-order valence-corrected chi connectivity index (χ0v) is 15.8. The number of carbonyl (C=O) groups excluding carboxylic acids is 2. The molecule has 2 N–H and O–H groups in total. The third-order valence-electron chi connectivity index (χ3n) is 5.67. The van der Waals surface area contributed by atoms with Crippen LogP contribution in [0.1, 0.15) is 36.4 Å². The second-order valence-electron chi connectivity index (χ2n) is 8.03. The molecule has 2 amide bonds. The molecule has 1 aromatic heterocycles. The van der Waals surface area contributed by atoms with Gasteiger partial charge < -0.3 is 19.8 Å². The quantitative estimate of drug-likeness (QED) is 0.779. The van der Waals surface area contributed by atoms with Gasteiger partial charge in [0.1, 0.15) is 29.1 Å². The lowest BCUT2D eigenvalue weighted by Crippen LogP contribution is -2.70. The number of fused-ring (bicyclic) bond motifs is 1. The number of aliphatic carboxylic acids is 1. The number of carboxylic acids is 1. The lowest BCUT2D eigenvalue weighted by Gasteiger charge is -2.44. The van der Waals surface area contributed by atoms with Gasteiger partial charge in [0.05, 0.1) is 6.04 Å². The zero-order valence-electron chi connectivity index (χ0n) is 15.8. The summed E-state index contributed by atoms with van der Waals surface area (Å²) in [5.74, 6) is -1.49. The number of amides is 2. The van der Waals surface area contributed by atoms with Gasteiger partial charge in [-0.25, -0.2) is 4.79 Å². The molecule has 0 saturated carbocycles. The number of nitrogens with zero attached hydrogens (tertiary/aromatic N) is 2. The fraction of sp³-hybridized carbons (Fsp3) is 0.400. The Balaban J connectivity index is 1.58. The topological polar surface area (TPSA) is 113 Å². The molecule has 4 rings (SSSR count). The van der Waals surface area contributed by atoms with Gasteiger partial charge in [0, 0.05) is 5.56 Å². The molecule has 1 aromatic carbocycles. The standard InChI is InChI=1S/C20H21N3O5/c1-10-13(14(22-28-10)11-7-5-4-6-8-11)17(24)21-15-12-9-20(2,3)16(19(26)27)23(12)18(15)25/h4-8,12,15-16H,9H2,1-3H3,(H,21,24)(H,26,27)/t12-,15+,16+/m1/s1. The van der Waals surface area contributed by atoms with Crippen LogP contribution in [0.2, 0.25) is 0 Å². The average Bonchev–Trinajstić information content (AvgIpc) is 3.15. The van der Waals surface area contributed by atoms with E-state index in [2.05, 4.69) is 10.5 Å². The summed E-state index contributed by atoms with van der Waals surface area (Å²) in [5.41, 5.74) is 0.867. The van der Waals surface area contributed by atoms with E-state index in [0.29, 0.717) is 17.9 Å². The van der Waals surface area contributed by atoms with Crippen LogP contribution in [0.5, 0.6) is 0 Å². The molecule has 146 valence electrons. The highest BCUT2D eigenvalue weighted by atomic mass is 16.5. The van der Waals surface area contributed by atoms with Crippen LogP contribution in [0.3, 0.4) is 0 Å². The van der Waals surface area contributed by atoms with E-state index in [1.54, 1.807) is 6.92 Å². The molecule has 2 fully saturated rings. The van der Waals surface area contributed by atoms with Gasteiger partial charge in [0.15, 0.2) is 0 Å². The summed E-state index contributed by atoms with van der Waals surface area (Å²) in [7, 11) is 0. The van der Waals surface area contributed by atoms with Crippen LogP contribution >= 0.6 is 0 Å². The number of benzene rings is 1. The number of nitrogens with one attached hydrogen (secondary N) is 1. The summed E-state index contributed by atoms with van der Waals surface area (Å²) >= 11 is 0. The van der Waals surface area contributed by atoms with Crippen LogP contribution in [0.25, 0.3) is 11.3 Å². The van der Waals surface area contributed by atoms with Gasteiger partial charge in [-0.05, 0) is 18.8 Å². The number of hydrogen-bond donors (Lipinski definition) is 2. The van der Waals surface area contributed by atoms with Gasteiger partial charge in [0.2, 0.25) is 5.91 Å². The van der Waals surface area contributed by atoms with E-state index in [1.807, 2.05) is 44.2 Å². The molecule has 3 atom stereocenters. The summed E-state index contributed by atoms with van der Waals surface area (Å²) in [4.78, 5) is 38.5. The van der Waals surface area contributed by atoms with Crippen LogP contribution in [0.4, 0.5) is 0 Å². The third kappa shape index (κ3) is 2.59. The van der Waals surface area contributed by atoms with Crippen LogP contribution < -0.4 is 5.32 Å². The largest absolute Gasteiger partial charge is 0.480 e. The first-order valence-electron chi connectivity index (χ1n) is 9.10. The predicted molar refractivity (Wildman–Crippen MR) is 98.4 cm³/mol. The van der Waals surface area contributed by atoms with Crippen molar-refractivity contribution in [1.82, 2.24) is 15.4 Å². The van der Waals surface area contributed by atoms with Gasteiger partial charge in [-0.1, -0.05) is 49.3 Å². The molecule has 2 aromatic rings. The normalized spacial score (nSPS) is 25.2. The second-order valence-corrected chi connectivity index (χ2v) is 8.03. The molecule has 0 aliphatic carbocycles. The van der Waals surface area contributed by atoms with E-state index in [0.717, 1.165) is 5.56 Å². The molecular formula is C20H21N3O5. The highest BCUT2D eigenvalue weighted by molar-refractivity contribution is 6.05. The Morgan fingerprint density at radius 3 is 2.61 bits per heavy atom. The lowest BCUT2D eigenvalue weighted by molar-refractivity contribution is -0.161. The lowest BCUT2D eigenvalue weighted by atomic mass is 9.83. The number of aryl methyl sites for hydroxylation is 1. The number of carboxylic acid groups (broad SMARTS) is 1. The molecule has 0 unspecified atom stereocenters. The van der Waals surface area contributed by atoms with Crippen molar-refractivity contribution in [3.8, 4) is 11.3 Å². The fourth-order valence-corrected chi connectivity index (χ4v) is 4.39. The number of aromatic nitrogens is 1. The van der Waals surface area contributed by atoms with Gasteiger partial charge in [0.25, 0.3) is 5.91 Å². The molecule has 3 heterocycles. The molecule has 2 saturated heterocycles. The molecule has 0 bridgehead atoms. The van der Waals surface area contributed by atoms with Gasteiger partial charge >= 0.3 is 5.97 Å². The Bertz CT molecular complexity index is 965. The van der Waals surface area contributed by atoms with Crippen molar-refractivity contribution in [1.29, 1.82) is 0 Å². The van der Waals surface area contributed by atoms with Crippen LogP contribution in [-0.2, 0) is 9.59 Å². The Morgan fingerprint density at radius 1 is 1.29 bits per heavy atom. The Kier molecular flexibility index (Phi) is 4.02. The SMILES string of the molecule is Cc1onc(-c2ccccc2)c1C(=O)N[C@@H]1C(=O)N2[C@@H]1CC(C)(C)[C@@H]2C(=O)O. The fourth-order valence-electron chi connectivity index (χ4n) is 4.39. The minimum Gasteiger partial charge on any atom is -0.480 e. The summed E-state index contributed by atoms with van der Waals surface area (Å²) in [6.07, 6.45) is 0.509. The molecular weight excluding hydrogens is 362 g/mol. The number of β-lactam (4-membered cyclic amide) rings is 1.